The molecule has 0 radical (unpaired) electrons. The van der Waals surface area contributed by atoms with Gasteiger partial charge in [-0.3, -0.25) is 14.6 Å². The van der Waals surface area contributed by atoms with E-state index >= 15 is 0 Å². The van der Waals surface area contributed by atoms with E-state index in [0.717, 1.165) is 44.3 Å². The molecule has 0 spiro atoms. The molecule has 2 rings (SSSR count). The molecule has 0 fully saturated rings. The second-order valence-electron chi connectivity index (χ2n) is 8.89. The number of hydrogen-bond donors (Lipinski definition) is 0. The molecular weight excluding hydrogens is 427 g/mol. The van der Waals surface area contributed by atoms with Gasteiger partial charge >= 0.3 is 16.1 Å². The smallest absolute Gasteiger partial charge is 0.326 e. The van der Waals surface area contributed by atoms with E-state index in [0.29, 0.717) is 11.3 Å². The number of amides is 1. The molecule has 6 nitrogen and oxygen atoms in total. The summed E-state index contributed by atoms with van der Waals surface area (Å²) in [5.74, 6) is -0.565. The average molecular weight is 451 g/mol. The van der Waals surface area contributed by atoms with Crippen LogP contribution in [0.2, 0.25) is 5.02 Å². The van der Waals surface area contributed by atoms with Crippen LogP contribution in [0.25, 0.3) is 11.1 Å². The summed E-state index contributed by atoms with van der Waals surface area (Å²) in [5.41, 5.74) is 8.01. The summed E-state index contributed by atoms with van der Waals surface area (Å²) in [7, 11) is 19.7. The molecule has 18 heteroatoms. The van der Waals surface area contributed by atoms with Crippen molar-refractivity contribution in [2.45, 2.75) is 11.7 Å². The van der Waals surface area contributed by atoms with Crippen molar-refractivity contribution in [3.63, 3.8) is 0 Å². The maximum Gasteiger partial charge on any atom is 0.326 e. The predicted octanol–water partition coefficient (Wildman–Crippen LogP) is -12.2. The first-order chi connectivity index (χ1) is 15.3. The molecule has 0 N–H and O–H groups in total. The molecule has 0 unspecified atom stereocenters. The highest BCUT2D eigenvalue weighted by Gasteiger charge is 2.37. The van der Waals surface area contributed by atoms with Gasteiger partial charge in [0.15, 0.2) is 13.5 Å². The second kappa shape index (κ2) is 10.2. The molecule has 0 aliphatic heterocycles. The summed E-state index contributed by atoms with van der Waals surface area (Å²) in [5, 5.41) is -0.441. The van der Waals surface area contributed by atoms with Crippen LogP contribution in [-0.4, -0.2) is 114 Å². The number of benzene rings is 1. The van der Waals surface area contributed by atoms with E-state index in [2.05, 4.69) is 20.7 Å². The van der Waals surface area contributed by atoms with Crippen molar-refractivity contribution in [3.05, 3.63) is 16.3 Å². The van der Waals surface area contributed by atoms with Gasteiger partial charge in [0, 0.05) is 10.6 Å². The van der Waals surface area contributed by atoms with Crippen molar-refractivity contribution in [1.29, 1.82) is 0 Å². The van der Waals surface area contributed by atoms with E-state index in [-0.39, 0.29) is 5.69 Å². The van der Waals surface area contributed by atoms with Crippen LogP contribution in [0, 0.1) is 0 Å². The third-order valence-corrected chi connectivity index (χ3v) is 7.33. The van der Waals surface area contributed by atoms with Crippen LogP contribution in [-0.2, 0) is 15.8 Å². The summed E-state index contributed by atoms with van der Waals surface area (Å²) < 4.78 is 10.6. The molecule has 0 aliphatic rings. The molecule has 0 atom stereocenters. The largest absolute Gasteiger partial charge is 0.567 e. The summed E-state index contributed by atoms with van der Waals surface area (Å²) in [6.07, 6.45) is 0.831. The normalized spacial score (nSPS) is 11.1. The fourth-order valence-corrected chi connectivity index (χ4v) is 4.61. The predicted molar refractivity (Wildman–Crippen MR) is 166 cm³/mol. The minimum Gasteiger partial charge on any atom is -0.567 e. The fourth-order valence-electron chi connectivity index (χ4n) is 4.38. The number of rotatable bonds is 6. The molecule has 33 heavy (non-hydrogen) atoms. The highest BCUT2D eigenvalue weighted by Crippen LogP contribution is 2.25. The number of pyridine rings is 1. The summed E-state index contributed by atoms with van der Waals surface area (Å²) in [6, 6.07) is 0. The molecule has 2 aromatic rings. The average Bonchev–Trinajstić information content (AvgIpc) is 2.78. The minimum absolute atomic E-state index is 0.154. The van der Waals surface area contributed by atoms with Crippen molar-refractivity contribution in [3.8, 4) is 16.9 Å². The molecule has 1 aromatic heterocycles. The molecule has 1 amide bonds. The third-order valence-electron chi connectivity index (χ3n) is 6.76. The van der Waals surface area contributed by atoms with Crippen LogP contribution in [0.3, 0.4) is 0 Å². The van der Waals surface area contributed by atoms with Crippen molar-refractivity contribution in [2.24, 2.45) is 0 Å². The van der Waals surface area contributed by atoms with Gasteiger partial charge in [-0.15, -0.1) is 0 Å². The van der Waals surface area contributed by atoms with Crippen LogP contribution in [0.1, 0.15) is 16.1 Å². The van der Waals surface area contributed by atoms with Crippen LogP contribution in [0.4, 0.5) is 0 Å². The Morgan fingerprint density at radius 1 is 0.970 bits per heavy atom. The Balaban J connectivity index is 2.83. The molecule has 158 valence electrons. The standard InChI is InChI=1S/C15H24B11ClN2O4/c16-1-2-3(6(18)9(27)8(20)5(2)17)4-7(19)11(32-25)10(28-12(4)21)13(30)29(24)15(22,23)14(31)33-26/h1,16-26H2. The topological polar surface area (TPSA) is 68.7 Å². The zero-order valence-corrected chi connectivity index (χ0v) is 22.4. The van der Waals surface area contributed by atoms with E-state index in [1.807, 2.05) is 31.4 Å². The first-order valence-electron chi connectivity index (χ1n) is 11.0. The third kappa shape index (κ3) is 4.58. The number of carbonyl (C=O) groups is 2. The summed E-state index contributed by atoms with van der Waals surface area (Å²) in [4.78, 5) is 31.7. The lowest BCUT2D eigenvalue weighted by Crippen LogP contribution is -2.58. The second-order valence-corrected chi connectivity index (χ2v) is 9.27. The van der Waals surface area contributed by atoms with E-state index in [1.54, 1.807) is 23.7 Å². The Morgan fingerprint density at radius 2 is 1.55 bits per heavy atom. The van der Waals surface area contributed by atoms with Crippen LogP contribution < -0.4 is 32.1 Å². The lowest BCUT2D eigenvalue weighted by atomic mass is 9.59. The van der Waals surface area contributed by atoms with Crippen molar-refractivity contribution >= 4 is 138 Å². The Morgan fingerprint density at radius 3 is 2.03 bits per heavy atom. The van der Waals surface area contributed by atoms with Gasteiger partial charge < -0.3 is 14.1 Å². The monoisotopic (exact) mass is 452 g/mol. The maximum absolute atomic E-state index is 13.4. The maximum atomic E-state index is 13.4. The van der Waals surface area contributed by atoms with Gasteiger partial charge in [0.2, 0.25) is 7.98 Å². The first kappa shape index (κ1) is 27.4. The molecular formula is C15H24B11ClN2O4. The molecule has 0 saturated carbocycles. The molecule has 0 bridgehead atoms. The van der Waals surface area contributed by atoms with Crippen molar-refractivity contribution in [1.82, 2.24) is 9.79 Å². The number of halogens is 1. The Labute approximate surface area is 211 Å². The lowest BCUT2D eigenvalue weighted by Gasteiger charge is -2.35. The van der Waals surface area contributed by atoms with E-state index in [4.69, 9.17) is 20.9 Å². The first-order valence-corrected chi connectivity index (χ1v) is 11.4. The number of aromatic nitrogens is 1. The van der Waals surface area contributed by atoms with Crippen molar-refractivity contribution in [2.75, 3.05) is 0 Å². The Bertz CT molecular complexity index is 1150. The fraction of sp³-hybridized carbons (Fsp3) is 0.133. The number of carbonyl (C=O) groups excluding carboxylic acids is 2. The summed E-state index contributed by atoms with van der Waals surface area (Å²) in [6.45, 7) is 0. The van der Waals surface area contributed by atoms with Gasteiger partial charge in [0.05, 0.1) is 5.34 Å². The minimum atomic E-state index is -1.17. The van der Waals surface area contributed by atoms with Crippen LogP contribution in [0.5, 0.6) is 5.75 Å². The van der Waals surface area contributed by atoms with E-state index in [1.165, 1.54) is 26.5 Å². The Kier molecular flexibility index (Phi) is 8.43. The van der Waals surface area contributed by atoms with Gasteiger partial charge in [-0.2, -0.15) is 0 Å². The summed E-state index contributed by atoms with van der Waals surface area (Å²) >= 11 is 6.71. The Hall–Kier alpha value is -1.89. The van der Waals surface area contributed by atoms with Gasteiger partial charge in [-0.1, -0.05) is 39.9 Å². The zero-order valence-electron chi connectivity index (χ0n) is 21.6. The highest BCUT2D eigenvalue weighted by molar-refractivity contribution is 6.61. The number of nitrogens with zero attached hydrogens (tertiary/aromatic N) is 2. The molecule has 0 aliphatic carbocycles. The van der Waals surface area contributed by atoms with Gasteiger partial charge in [0.1, 0.15) is 60.7 Å². The molecule has 1 heterocycles. The van der Waals surface area contributed by atoms with Crippen LogP contribution >= 0.6 is 11.6 Å². The SMILES string of the molecule is BCc1c(B)c(B)c(Cl)c(B)c1-c1c(B)nc(C(=O)N(B)C(B)(B)C(=O)OB)c(OB)c1B. The highest BCUT2D eigenvalue weighted by atomic mass is 35.5. The van der Waals surface area contributed by atoms with E-state index in [9.17, 15) is 9.59 Å². The van der Waals surface area contributed by atoms with E-state index < -0.39 is 17.2 Å². The molecule has 0 saturated heterocycles. The van der Waals surface area contributed by atoms with Crippen LogP contribution in [0.15, 0.2) is 0 Å². The van der Waals surface area contributed by atoms with Crippen molar-refractivity contribution < 1.29 is 18.9 Å². The zero-order chi connectivity index (χ0) is 25.4. The lowest BCUT2D eigenvalue weighted by molar-refractivity contribution is -0.136. The van der Waals surface area contributed by atoms with Gasteiger partial charge in [-0.05, 0) is 16.6 Å². The molecule has 1 aromatic carbocycles. The van der Waals surface area contributed by atoms with Gasteiger partial charge in [-0.25, -0.2) is 0 Å². The quantitative estimate of drug-likeness (QED) is 0.409. The van der Waals surface area contributed by atoms with Gasteiger partial charge in [0.25, 0.3) is 11.9 Å². The number of hydrogen-bond acceptors (Lipinski definition) is 5.